The van der Waals surface area contributed by atoms with E-state index in [-0.39, 0.29) is 12.0 Å². The van der Waals surface area contributed by atoms with Gasteiger partial charge in [-0.15, -0.1) is 10.2 Å². The maximum atomic E-state index is 11.9. The van der Waals surface area contributed by atoms with Crippen molar-refractivity contribution in [2.75, 3.05) is 17.2 Å². The van der Waals surface area contributed by atoms with E-state index in [1.807, 2.05) is 25.1 Å². The number of carbonyl (C=O) groups is 1. The highest BCUT2D eigenvalue weighted by atomic mass is 79.9. The molecule has 7 heteroatoms. The number of benzene rings is 1. The van der Waals surface area contributed by atoms with Crippen LogP contribution in [0.3, 0.4) is 0 Å². The van der Waals surface area contributed by atoms with E-state index >= 15 is 0 Å². The van der Waals surface area contributed by atoms with Gasteiger partial charge in [0.15, 0.2) is 11.6 Å². The van der Waals surface area contributed by atoms with Crippen molar-refractivity contribution in [1.29, 1.82) is 0 Å². The van der Waals surface area contributed by atoms with Gasteiger partial charge in [0.2, 0.25) is 0 Å². The van der Waals surface area contributed by atoms with Crippen LogP contribution in [0, 0.1) is 6.92 Å². The molecule has 0 bridgehead atoms. The van der Waals surface area contributed by atoms with Crippen LogP contribution >= 0.6 is 15.9 Å². The van der Waals surface area contributed by atoms with Crippen molar-refractivity contribution in [3.63, 3.8) is 0 Å². The lowest BCUT2D eigenvalue weighted by Crippen LogP contribution is -2.27. The highest BCUT2D eigenvalue weighted by Crippen LogP contribution is 2.23. The standard InChI is InChI=1S/C16H17BrN4O2/c1-10-9-11(17)4-5-12(10)18-14-6-7-15(21-20-14)19-16(22)13-3-2-8-23-13/h4-7,9,13H,2-3,8H2,1H3,(H,18,20)(H,19,21,22). The minimum absolute atomic E-state index is 0.165. The molecule has 2 aromatic rings. The highest BCUT2D eigenvalue weighted by Gasteiger charge is 2.23. The summed E-state index contributed by atoms with van der Waals surface area (Å²) >= 11 is 3.44. The summed E-state index contributed by atoms with van der Waals surface area (Å²) in [5.74, 6) is 0.871. The summed E-state index contributed by atoms with van der Waals surface area (Å²) in [7, 11) is 0. The van der Waals surface area contributed by atoms with Crippen LogP contribution in [-0.4, -0.2) is 28.8 Å². The Bertz CT molecular complexity index is 700. The Morgan fingerprint density at radius 1 is 1.26 bits per heavy atom. The smallest absolute Gasteiger partial charge is 0.254 e. The maximum Gasteiger partial charge on any atom is 0.254 e. The van der Waals surface area contributed by atoms with Crippen molar-refractivity contribution in [2.24, 2.45) is 0 Å². The van der Waals surface area contributed by atoms with Gasteiger partial charge in [0.1, 0.15) is 6.10 Å². The predicted molar refractivity (Wildman–Crippen MR) is 91.8 cm³/mol. The molecule has 1 aliphatic heterocycles. The molecular weight excluding hydrogens is 360 g/mol. The van der Waals surface area contributed by atoms with Gasteiger partial charge in [-0.05, 0) is 55.7 Å². The molecule has 1 aliphatic rings. The van der Waals surface area contributed by atoms with Gasteiger partial charge in [-0.2, -0.15) is 0 Å². The number of nitrogens with zero attached hydrogens (tertiary/aromatic N) is 2. The second-order valence-electron chi connectivity index (χ2n) is 5.38. The van der Waals surface area contributed by atoms with Crippen LogP contribution in [0.5, 0.6) is 0 Å². The molecule has 0 spiro atoms. The van der Waals surface area contributed by atoms with E-state index in [0.717, 1.165) is 28.6 Å². The minimum Gasteiger partial charge on any atom is -0.368 e. The zero-order valence-corrected chi connectivity index (χ0v) is 14.3. The fourth-order valence-corrected chi connectivity index (χ4v) is 2.84. The third-order valence-electron chi connectivity index (χ3n) is 3.59. The molecule has 120 valence electrons. The first kappa shape index (κ1) is 15.9. The summed E-state index contributed by atoms with van der Waals surface area (Å²) in [4.78, 5) is 11.9. The number of nitrogens with one attached hydrogen (secondary N) is 2. The summed E-state index contributed by atoms with van der Waals surface area (Å²) in [6, 6.07) is 9.44. The first-order valence-electron chi connectivity index (χ1n) is 7.41. The normalized spacial score (nSPS) is 17.0. The van der Waals surface area contributed by atoms with Crippen molar-refractivity contribution in [3.8, 4) is 0 Å². The van der Waals surface area contributed by atoms with E-state index in [1.54, 1.807) is 12.1 Å². The molecule has 1 fully saturated rings. The van der Waals surface area contributed by atoms with E-state index < -0.39 is 0 Å². The fraction of sp³-hybridized carbons (Fsp3) is 0.312. The maximum absolute atomic E-state index is 11.9. The van der Waals surface area contributed by atoms with Crippen LogP contribution in [0.15, 0.2) is 34.8 Å². The van der Waals surface area contributed by atoms with Gasteiger partial charge in [-0.25, -0.2) is 0 Å². The number of carbonyl (C=O) groups excluding carboxylic acids is 1. The number of ether oxygens (including phenoxy) is 1. The molecule has 2 heterocycles. The van der Waals surface area contributed by atoms with Gasteiger partial charge in [-0.1, -0.05) is 15.9 Å². The number of aryl methyl sites for hydroxylation is 1. The largest absolute Gasteiger partial charge is 0.368 e. The molecule has 3 rings (SSSR count). The van der Waals surface area contributed by atoms with Crippen LogP contribution in [0.1, 0.15) is 18.4 Å². The van der Waals surface area contributed by atoms with Crippen molar-refractivity contribution < 1.29 is 9.53 Å². The summed E-state index contributed by atoms with van der Waals surface area (Å²) in [6.07, 6.45) is 1.29. The molecule has 0 aliphatic carbocycles. The van der Waals surface area contributed by atoms with Gasteiger partial charge >= 0.3 is 0 Å². The van der Waals surface area contributed by atoms with Gasteiger partial charge < -0.3 is 15.4 Å². The van der Waals surface area contributed by atoms with Gasteiger partial charge in [0.05, 0.1) is 0 Å². The lowest BCUT2D eigenvalue weighted by Gasteiger charge is -2.11. The molecule has 0 saturated carbocycles. The third kappa shape index (κ3) is 4.05. The summed E-state index contributed by atoms with van der Waals surface area (Å²) in [6.45, 7) is 2.65. The van der Waals surface area contributed by atoms with E-state index in [0.29, 0.717) is 18.2 Å². The van der Waals surface area contributed by atoms with Crippen LogP contribution in [0.4, 0.5) is 17.3 Å². The Balaban J connectivity index is 1.63. The van der Waals surface area contributed by atoms with Crippen LogP contribution in [0.25, 0.3) is 0 Å². The van der Waals surface area contributed by atoms with Crippen molar-refractivity contribution >= 4 is 39.2 Å². The minimum atomic E-state index is -0.375. The Morgan fingerprint density at radius 3 is 2.70 bits per heavy atom. The second-order valence-corrected chi connectivity index (χ2v) is 6.29. The van der Waals surface area contributed by atoms with E-state index in [9.17, 15) is 4.79 Å². The van der Waals surface area contributed by atoms with Gasteiger partial charge in [0.25, 0.3) is 5.91 Å². The molecule has 1 aromatic heterocycles. The fourth-order valence-electron chi connectivity index (χ4n) is 2.36. The molecular formula is C16H17BrN4O2. The first-order chi connectivity index (χ1) is 11.1. The zero-order chi connectivity index (χ0) is 16.2. The predicted octanol–water partition coefficient (Wildman–Crippen LogP) is 3.41. The Hall–Kier alpha value is -1.99. The molecule has 1 amide bonds. The van der Waals surface area contributed by atoms with Crippen molar-refractivity contribution in [1.82, 2.24) is 10.2 Å². The van der Waals surface area contributed by atoms with Crippen molar-refractivity contribution in [3.05, 3.63) is 40.4 Å². The SMILES string of the molecule is Cc1cc(Br)ccc1Nc1ccc(NC(=O)C2CCCO2)nn1. The topological polar surface area (TPSA) is 76.1 Å². The lowest BCUT2D eigenvalue weighted by molar-refractivity contribution is -0.124. The molecule has 6 nitrogen and oxygen atoms in total. The number of halogens is 1. The first-order valence-corrected chi connectivity index (χ1v) is 8.20. The van der Waals surface area contributed by atoms with Crippen LogP contribution in [-0.2, 0) is 9.53 Å². The van der Waals surface area contributed by atoms with Gasteiger partial charge in [-0.3, -0.25) is 4.79 Å². The average molecular weight is 377 g/mol. The monoisotopic (exact) mass is 376 g/mol. The molecule has 1 aromatic carbocycles. The Morgan fingerprint density at radius 2 is 2.04 bits per heavy atom. The third-order valence-corrected chi connectivity index (χ3v) is 4.08. The quantitative estimate of drug-likeness (QED) is 0.854. The van der Waals surface area contributed by atoms with Crippen molar-refractivity contribution in [2.45, 2.75) is 25.9 Å². The number of amides is 1. The molecule has 23 heavy (non-hydrogen) atoms. The molecule has 2 N–H and O–H groups in total. The number of aromatic nitrogens is 2. The Labute approximate surface area is 142 Å². The number of anilines is 3. The van der Waals surface area contributed by atoms with E-state index in [2.05, 4.69) is 36.8 Å². The highest BCUT2D eigenvalue weighted by molar-refractivity contribution is 9.10. The molecule has 0 radical (unpaired) electrons. The lowest BCUT2D eigenvalue weighted by atomic mass is 10.2. The number of rotatable bonds is 4. The Kier molecular flexibility index (Phi) is 4.88. The van der Waals surface area contributed by atoms with E-state index in [4.69, 9.17) is 4.74 Å². The summed E-state index contributed by atoms with van der Waals surface area (Å²) in [5, 5.41) is 14.0. The number of hydrogen-bond acceptors (Lipinski definition) is 5. The zero-order valence-electron chi connectivity index (χ0n) is 12.7. The molecule has 1 saturated heterocycles. The summed E-state index contributed by atoms with van der Waals surface area (Å²) in [5.41, 5.74) is 2.05. The van der Waals surface area contributed by atoms with Crippen LogP contribution < -0.4 is 10.6 Å². The van der Waals surface area contributed by atoms with Crippen LogP contribution in [0.2, 0.25) is 0 Å². The second kappa shape index (κ2) is 7.06. The number of hydrogen-bond donors (Lipinski definition) is 2. The molecule has 1 atom stereocenters. The van der Waals surface area contributed by atoms with E-state index in [1.165, 1.54) is 0 Å². The van der Waals surface area contributed by atoms with Gasteiger partial charge in [0, 0.05) is 16.8 Å². The summed E-state index contributed by atoms with van der Waals surface area (Å²) < 4.78 is 6.36. The average Bonchev–Trinajstić information content (AvgIpc) is 3.06. The molecule has 1 unspecified atom stereocenters.